The Morgan fingerprint density at radius 1 is 1.45 bits per heavy atom. The first-order chi connectivity index (χ1) is 9.70. The van der Waals surface area contributed by atoms with E-state index in [9.17, 15) is 4.79 Å². The minimum atomic E-state index is -0.110. The molecule has 0 aromatic heterocycles. The summed E-state index contributed by atoms with van der Waals surface area (Å²) in [6.45, 7) is 3.11. The molecule has 1 fully saturated rings. The Balaban J connectivity index is 1.77. The number of nitrogens with zero attached hydrogens (tertiary/aromatic N) is 1. The largest absolute Gasteiger partial charge is 0.491 e. The Morgan fingerprint density at radius 2 is 2.25 bits per heavy atom. The van der Waals surface area contributed by atoms with Crippen molar-refractivity contribution in [3.63, 3.8) is 0 Å². The third-order valence-corrected chi connectivity index (χ3v) is 3.85. The summed E-state index contributed by atoms with van der Waals surface area (Å²) in [6, 6.07) is 7.44. The second-order valence-electron chi connectivity index (χ2n) is 4.94. The van der Waals surface area contributed by atoms with Gasteiger partial charge in [0.25, 0.3) is 0 Å². The zero-order valence-electron chi connectivity index (χ0n) is 11.7. The van der Waals surface area contributed by atoms with Crippen molar-refractivity contribution in [2.75, 3.05) is 33.4 Å². The van der Waals surface area contributed by atoms with Gasteiger partial charge in [0.1, 0.15) is 12.4 Å². The quantitative estimate of drug-likeness (QED) is 0.783. The van der Waals surface area contributed by atoms with Gasteiger partial charge in [-0.3, -0.25) is 9.69 Å². The van der Waals surface area contributed by atoms with Crippen molar-refractivity contribution in [1.29, 1.82) is 0 Å². The van der Waals surface area contributed by atoms with Crippen LogP contribution in [0.4, 0.5) is 0 Å². The maximum atomic E-state index is 11.6. The van der Waals surface area contributed by atoms with E-state index in [0.29, 0.717) is 17.4 Å². The molecule has 0 bridgehead atoms. The molecule has 0 aliphatic carbocycles. The summed E-state index contributed by atoms with van der Waals surface area (Å²) in [7, 11) is 1.45. The molecule has 1 atom stereocenters. The Bertz CT molecular complexity index is 452. The molecule has 1 heterocycles. The number of carbonyl (C=O) groups excluding carboxylic acids is 1. The lowest BCUT2D eigenvalue weighted by atomic mass is 9.98. The van der Waals surface area contributed by atoms with Gasteiger partial charge in [-0.05, 0) is 31.5 Å². The normalized spacial score (nSPS) is 19.6. The Labute approximate surface area is 124 Å². The Kier molecular flexibility index (Phi) is 5.68. The minimum Gasteiger partial charge on any atom is -0.491 e. The molecule has 0 amide bonds. The van der Waals surface area contributed by atoms with Crippen LogP contribution in [-0.2, 0) is 9.53 Å². The van der Waals surface area contributed by atoms with Gasteiger partial charge in [0, 0.05) is 13.1 Å². The van der Waals surface area contributed by atoms with Crippen molar-refractivity contribution < 1.29 is 14.3 Å². The predicted molar refractivity (Wildman–Crippen MR) is 78.1 cm³/mol. The van der Waals surface area contributed by atoms with E-state index in [1.54, 1.807) is 0 Å². The number of hydrogen-bond donors (Lipinski definition) is 0. The fourth-order valence-electron chi connectivity index (χ4n) is 2.46. The summed E-state index contributed by atoms with van der Waals surface area (Å²) >= 11 is 6.03. The smallest absolute Gasteiger partial charge is 0.309 e. The first kappa shape index (κ1) is 15.1. The molecule has 0 radical (unpaired) electrons. The monoisotopic (exact) mass is 297 g/mol. The SMILES string of the molecule is COC(=O)[C@H]1CCCN(CCOc2ccccc2Cl)C1. The summed E-state index contributed by atoms with van der Waals surface area (Å²) in [5.41, 5.74) is 0. The molecule has 5 heteroatoms. The van der Waals surface area contributed by atoms with Gasteiger partial charge in [0.2, 0.25) is 0 Å². The summed E-state index contributed by atoms with van der Waals surface area (Å²) in [5.74, 6) is 0.589. The zero-order valence-corrected chi connectivity index (χ0v) is 12.4. The molecule has 110 valence electrons. The molecule has 1 aliphatic rings. The number of piperidine rings is 1. The third kappa shape index (κ3) is 4.12. The van der Waals surface area contributed by atoms with Crippen molar-refractivity contribution >= 4 is 17.6 Å². The highest BCUT2D eigenvalue weighted by atomic mass is 35.5. The fourth-order valence-corrected chi connectivity index (χ4v) is 2.65. The van der Waals surface area contributed by atoms with E-state index in [-0.39, 0.29) is 11.9 Å². The number of halogens is 1. The average Bonchev–Trinajstić information content (AvgIpc) is 2.49. The first-order valence-corrected chi connectivity index (χ1v) is 7.26. The maximum Gasteiger partial charge on any atom is 0.309 e. The van der Waals surface area contributed by atoms with Gasteiger partial charge in [-0.1, -0.05) is 23.7 Å². The van der Waals surface area contributed by atoms with E-state index in [1.165, 1.54) is 7.11 Å². The van der Waals surface area contributed by atoms with E-state index in [4.69, 9.17) is 21.1 Å². The molecule has 0 unspecified atom stereocenters. The third-order valence-electron chi connectivity index (χ3n) is 3.54. The molecule has 1 aromatic rings. The summed E-state index contributed by atoms with van der Waals surface area (Å²) < 4.78 is 10.5. The summed E-state index contributed by atoms with van der Waals surface area (Å²) in [6.07, 6.45) is 1.93. The van der Waals surface area contributed by atoms with Crippen molar-refractivity contribution in [2.45, 2.75) is 12.8 Å². The summed E-state index contributed by atoms with van der Waals surface area (Å²) in [5, 5.41) is 0.624. The lowest BCUT2D eigenvalue weighted by molar-refractivity contribution is -0.147. The van der Waals surface area contributed by atoms with E-state index >= 15 is 0 Å². The number of methoxy groups -OCH3 is 1. The molecule has 1 aromatic carbocycles. The van der Waals surface area contributed by atoms with Crippen molar-refractivity contribution in [2.24, 2.45) is 5.92 Å². The second-order valence-corrected chi connectivity index (χ2v) is 5.35. The van der Waals surface area contributed by atoms with Gasteiger partial charge in [-0.2, -0.15) is 0 Å². The van der Waals surface area contributed by atoms with Gasteiger partial charge in [0.05, 0.1) is 18.1 Å². The predicted octanol–water partition coefficient (Wildman–Crippen LogP) is 2.60. The highest BCUT2D eigenvalue weighted by molar-refractivity contribution is 6.32. The van der Waals surface area contributed by atoms with Crippen LogP contribution in [0.15, 0.2) is 24.3 Å². The number of rotatable bonds is 5. The van der Waals surface area contributed by atoms with Crippen molar-refractivity contribution in [1.82, 2.24) is 4.90 Å². The van der Waals surface area contributed by atoms with Crippen LogP contribution in [0.5, 0.6) is 5.75 Å². The maximum absolute atomic E-state index is 11.6. The molecule has 0 saturated carbocycles. The summed E-state index contributed by atoms with van der Waals surface area (Å²) in [4.78, 5) is 13.8. The van der Waals surface area contributed by atoms with Gasteiger partial charge < -0.3 is 9.47 Å². The van der Waals surface area contributed by atoms with Crippen LogP contribution in [0, 0.1) is 5.92 Å². The van der Waals surface area contributed by atoms with Crippen LogP contribution in [0.2, 0.25) is 5.02 Å². The van der Waals surface area contributed by atoms with Gasteiger partial charge in [0.15, 0.2) is 0 Å². The highest BCUT2D eigenvalue weighted by Crippen LogP contribution is 2.23. The number of esters is 1. The van der Waals surface area contributed by atoms with E-state index in [0.717, 1.165) is 32.5 Å². The van der Waals surface area contributed by atoms with Crippen LogP contribution in [0.25, 0.3) is 0 Å². The molecule has 1 aliphatic heterocycles. The molecular formula is C15H20ClNO3. The van der Waals surface area contributed by atoms with Crippen LogP contribution >= 0.6 is 11.6 Å². The lowest BCUT2D eigenvalue weighted by Crippen LogP contribution is -2.41. The highest BCUT2D eigenvalue weighted by Gasteiger charge is 2.26. The Morgan fingerprint density at radius 3 is 3.00 bits per heavy atom. The fraction of sp³-hybridized carbons (Fsp3) is 0.533. The van der Waals surface area contributed by atoms with E-state index in [2.05, 4.69) is 4.90 Å². The van der Waals surface area contributed by atoms with Crippen molar-refractivity contribution in [3.8, 4) is 5.75 Å². The van der Waals surface area contributed by atoms with Crippen LogP contribution in [-0.4, -0.2) is 44.2 Å². The Hall–Kier alpha value is -1.26. The molecule has 1 saturated heterocycles. The minimum absolute atomic E-state index is 0.00550. The molecule has 20 heavy (non-hydrogen) atoms. The van der Waals surface area contributed by atoms with Gasteiger partial charge >= 0.3 is 5.97 Å². The first-order valence-electron chi connectivity index (χ1n) is 6.88. The number of para-hydroxylation sites is 1. The number of hydrogen-bond acceptors (Lipinski definition) is 4. The van der Waals surface area contributed by atoms with Crippen LogP contribution < -0.4 is 4.74 Å². The standard InChI is InChI=1S/C15H20ClNO3/c1-19-15(18)12-5-4-8-17(11-12)9-10-20-14-7-3-2-6-13(14)16/h2-3,6-7,12H,4-5,8-11H2,1H3/t12-/m0/s1. The molecule has 0 spiro atoms. The number of likely N-dealkylation sites (tertiary alicyclic amines) is 1. The van der Waals surface area contributed by atoms with E-state index < -0.39 is 0 Å². The molecule has 0 N–H and O–H groups in total. The number of benzene rings is 1. The number of carbonyl (C=O) groups is 1. The second kappa shape index (κ2) is 7.50. The number of ether oxygens (including phenoxy) is 2. The van der Waals surface area contributed by atoms with Crippen molar-refractivity contribution in [3.05, 3.63) is 29.3 Å². The zero-order chi connectivity index (χ0) is 14.4. The van der Waals surface area contributed by atoms with Crippen LogP contribution in [0.3, 0.4) is 0 Å². The molecule has 4 nitrogen and oxygen atoms in total. The van der Waals surface area contributed by atoms with Gasteiger partial charge in [-0.25, -0.2) is 0 Å². The van der Waals surface area contributed by atoms with Gasteiger partial charge in [-0.15, -0.1) is 0 Å². The average molecular weight is 298 g/mol. The van der Waals surface area contributed by atoms with Crippen LogP contribution in [0.1, 0.15) is 12.8 Å². The lowest BCUT2D eigenvalue weighted by Gasteiger charge is -2.31. The van der Waals surface area contributed by atoms with E-state index in [1.807, 2.05) is 24.3 Å². The molecular weight excluding hydrogens is 278 g/mol. The topological polar surface area (TPSA) is 38.8 Å². The molecule has 2 rings (SSSR count).